The molecule has 2 rings (SSSR count). The van der Waals surface area contributed by atoms with Crippen molar-refractivity contribution in [3.63, 3.8) is 0 Å². The van der Waals surface area contributed by atoms with Crippen molar-refractivity contribution in [3.8, 4) is 0 Å². The molecule has 0 aliphatic rings. The molecule has 0 aliphatic heterocycles. The normalized spacial score (nSPS) is 10.6. The zero-order chi connectivity index (χ0) is 9.42. The summed E-state index contributed by atoms with van der Waals surface area (Å²) in [5.41, 5.74) is 1.06. The van der Waals surface area contributed by atoms with Crippen LogP contribution in [0.25, 0.3) is 10.9 Å². The van der Waals surface area contributed by atoms with E-state index in [1.165, 1.54) is 0 Å². The molecule has 0 amide bonds. The number of para-hydroxylation sites is 1. The molecule has 4 heteroatoms. The van der Waals surface area contributed by atoms with Gasteiger partial charge in [0, 0.05) is 0 Å². The number of aromatic nitrogens is 1. The van der Waals surface area contributed by atoms with Crippen LogP contribution in [0.5, 0.6) is 0 Å². The van der Waals surface area contributed by atoms with Gasteiger partial charge in [0.15, 0.2) is 0 Å². The Balaban J connectivity index is 3.03. The Kier molecular flexibility index (Phi) is 1.81. The lowest BCUT2D eigenvalue weighted by molar-refractivity contribution is 0.503. The van der Waals surface area contributed by atoms with Crippen LogP contribution in [0.3, 0.4) is 0 Å². The topological polar surface area (TPSA) is 43.1 Å². The minimum Gasteiger partial charge on any atom is -0.393 e. The monoisotopic (exact) mass is 195 g/mol. The van der Waals surface area contributed by atoms with E-state index in [0.717, 1.165) is 5.56 Å². The van der Waals surface area contributed by atoms with Crippen molar-refractivity contribution < 1.29 is 4.42 Å². The zero-order valence-corrected chi connectivity index (χ0v) is 7.63. The summed E-state index contributed by atoms with van der Waals surface area (Å²) in [5, 5.41) is 0.344. The van der Waals surface area contributed by atoms with Gasteiger partial charge in [0.2, 0.25) is 0 Å². The molecule has 2 aromatic rings. The molecule has 0 bridgehead atoms. The number of fused-ring (bicyclic) bond motifs is 1. The number of halogens is 1. The van der Waals surface area contributed by atoms with Gasteiger partial charge in [-0.3, -0.25) is 0 Å². The summed E-state index contributed by atoms with van der Waals surface area (Å²) >= 11 is 5.52. The summed E-state index contributed by atoms with van der Waals surface area (Å²) in [4.78, 5) is 15.2. The number of aryl methyl sites for hydroxylation is 1. The van der Waals surface area contributed by atoms with Gasteiger partial charge in [-0.15, -0.1) is 0 Å². The molecule has 0 N–H and O–H groups in total. The van der Waals surface area contributed by atoms with Gasteiger partial charge in [0.25, 0.3) is 5.35 Å². The third kappa shape index (κ3) is 1.31. The molecule has 3 nitrogen and oxygen atoms in total. The highest BCUT2D eigenvalue weighted by atomic mass is 35.5. The van der Waals surface area contributed by atoms with Gasteiger partial charge in [0.05, 0.1) is 10.9 Å². The molecule has 0 saturated heterocycles. The van der Waals surface area contributed by atoms with Crippen molar-refractivity contribution in [2.24, 2.45) is 0 Å². The van der Waals surface area contributed by atoms with E-state index >= 15 is 0 Å². The molecule has 1 heterocycles. The van der Waals surface area contributed by atoms with Gasteiger partial charge in [-0.2, -0.15) is 0 Å². The zero-order valence-electron chi connectivity index (χ0n) is 6.87. The van der Waals surface area contributed by atoms with E-state index in [4.69, 9.17) is 11.6 Å². The smallest absolute Gasteiger partial charge is 0.347 e. The molecule has 1 aromatic carbocycles. The maximum absolute atomic E-state index is 11.3. The first-order valence-corrected chi connectivity index (χ1v) is 4.12. The first-order chi connectivity index (χ1) is 6.18. The summed E-state index contributed by atoms with van der Waals surface area (Å²) < 4.78 is 4.64. The number of benzene rings is 1. The van der Waals surface area contributed by atoms with Gasteiger partial charge in [-0.25, -0.2) is 9.78 Å². The number of nitrogens with zero attached hydrogens (tertiary/aromatic N) is 1. The largest absolute Gasteiger partial charge is 0.393 e. The third-order valence-electron chi connectivity index (χ3n) is 1.83. The van der Waals surface area contributed by atoms with Crippen molar-refractivity contribution in [1.82, 2.24) is 4.98 Å². The van der Waals surface area contributed by atoms with E-state index in [-0.39, 0.29) is 5.35 Å². The highest BCUT2D eigenvalue weighted by Crippen LogP contribution is 2.14. The van der Waals surface area contributed by atoms with Crippen molar-refractivity contribution in [2.45, 2.75) is 6.92 Å². The van der Waals surface area contributed by atoms with Crippen LogP contribution in [0, 0.1) is 6.92 Å². The standard InChI is InChI=1S/C9H6ClNO2/c1-5-3-2-4-6-7(5)11-9(10)13-8(6)12/h2-4H,1H3. The second-order valence-corrected chi connectivity index (χ2v) is 3.05. The fourth-order valence-corrected chi connectivity index (χ4v) is 1.37. The highest BCUT2D eigenvalue weighted by Gasteiger charge is 2.05. The minimum atomic E-state index is -0.446. The second-order valence-electron chi connectivity index (χ2n) is 2.73. The first-order valence-electron chi connectivity index (χ1n) is 3.74. The van der Waals surface area contributed by atoms with Crippen LogP contribution in [0.1, 0.15) is 5.56 Å². The molecule has 0 atom stereocenters. The fraction of sp³-hybridized carbons (Fsp3) is 0.111. The minimum absolute atomic E-state index is 0.119. The molecular formula is C9H6ClNO2. The Morgan fingerprint density at radius 2 is 2.23 bits per heavy atom. The quantitative estimate of drug-likeness (QED) is 0.647. The average Bonchev–Trinajstić information content (AvgIpc) is 2.07. The fourth-order valence-electron chi connectivity index (χ4n) is 1.21. The summed E-state index contributed by atoms with van der Waals surface area (Å²) in [6.45, 7) is 1.87. The molecule has 66 valence electrons. The molecule has 13 heavy (non-hydrogen) atoms. The van der Waals surface area contributed by atoms with Crippen molar-refractivity contribution in [1.29, 1.82) is 0 Å². The molecule has 0 radical (unpaired) electrons. The maximum Gasteiger partial charge on any atom is 0.347 e. The Morgan fingerprint density at radius 1 is 1.46 bits per heavy atom. The van der Waals surface area contributed by atoms with Gasteiger partial charge in [-0.1, -0.05) is 12.1 Å². The average molecular weight is 196 g/mol. The summed E-state index contributed by atoms with van der Waals surface area (Å²) in [7, 11) is 0. The second kappa shape index (κ2) is 2.85. The predicted octanol–water partition coefficient (Wildman–Crippen LogP) is 2.15. The van der Waals surface area contributed by atoms with Crippen molar-refractivity contribution in [2.75, 3.05) is 0 Å². The van der Waals surface area contributed by atoms with Crippen LogP contribution in [-0.2, 0) is 0 Å². The first kappa shape index (κ1) is 8.26. The van der Waals surface area contributed by atoms with Gasteiger partial charge in [0.1, 0.15) is 0 Å². The number of hydrogen-bond donors (Lipinski definition) is 0. The van der Waals surface area contributed by atoms with Crippen LogP contribution in [0.15, 0.2) is 27.4 Å². The van der Waals surface area contributed by atoms with Crippen molar-refractivity contribution in [3.05, 3.63) is 39.5 Å². The van der Waals surface area contributed by atoms with E-state index < -0.39 is 5.63 Å². The van der Waals surface area contributed by atoms with Gasteiger partial charge in [-0.05, 0) is 30.2 Å². The third-order valence-corrected chi connectivity index (χ3v) is 2.00. The Bertz CT molecular complexity index is 518. The van der Waals surface area contributed by atoms with Crippen LogP contribution in [-0.4, -0.2) is 4.98 Å². The van der Waals surface area contributed by atoms with Crippen LogP contribution in [0.2, 0.25) is 5.35 Å². The van der Waals surface area contributed by atoms with E-state index in [0.29, 0.717) is 10.9 Å². The SMILES string of the molecule is Cc1cccc2c(=O)oc(Cl)nc12. The number of rotatable bonds is 0. The molecular weight excluding hydrogens is 190 g/mol. The number of hydrogen-bond acceptors (Lipinski definition) is 3. The lowest BCUT2D eigenvalue weighted by Crippen LogP contribution is -2.01. The summed E-state index contributed by atoms with van der Waals surface area (Å²) in [6, 6.07) is 5.31. The Hall–Kier alpha value is -1.35. The predicted molar refractivity (Wildman–Crippen MR) is 50.0 cm³/mol. The van der Waals surface area contributed by atoms with E-state index in [9.17, 15) is 4.79 Å². The lowest BCUT2D eigenvalue weighted by atomic mass is 10.2. The Morgan fingerprint density at radius 3 is 3.00 bits per heavy atom. The van der Waals surface area contributed by atoms with E-state index in [1.807, 2.05) is 13.0 Å². The van der Waals surface area contributed by atoms with Gasteiger partial charge >= 0.3 is 5.63 Å². The lowest BCUT2D eigenvalue weighted by Gasteiger charge is -1.98. The van der Waals surface area contributed by atoms with E-state index in [2.05, 4.69) is 9.40 Å². The maximum atomic E-state index is 11.3. The molecule has 0 spiro atoms. The van der Waals surface area contributed by atoms with Crippen molar-refractivity contribution >= 4 is 22.5 Å². The molecule has 0 aliphatic carbocycles. The van der Waals surface area contributed by atoms with E-state index in [1.54, 1.807) is 12.1 Å². The summed E-state index contributed by atoms with van der Waals surface area (Å²) in [5.74, 6) is 0. The van der Waals surface area contributed by atoms with Gasteiger partial charge < -0.3 is 4.42 Å². The highest BCUT2D eigenvalue weighted by molar-refractivity contribution is 6.27. The molecule has 0 unspecified atom stereocenters. The summed E-state index contributed by atoms with van der Waals surface area (Å²) in [6.07, 6.45) is 0. The van der Waals surface area contributed by atoms with Crippen LogP contribution < -0.4 is 5.63 Å². The molecule has 1 aromatic heterocycles. The molecule has 0 saturated carbocycles. The molecule has 0 fully saturated rings. The Labute approximate surface area is 79.0 Å². The van der Waals surface area contributed by atoms with Crippen LogP contribution >= 0.6 is 11.6 Å². The van der Waals surface area contributed by atoms with Crippen LogP contribution in [0.4, 0.5) is 0 Å².